The highest BCUT2D eigenvalue weighted by Crippen LogP contribution is 2.39. The summed E-state index contributed by atoms with van der Waals surface area (Å²) in [5.41, 5.74) is 0.916. The molecule has 8 heteroatoms. The summed E-state index contributed by atoms with van der Waals surface area (Å²) in [5, 5.41) is 0.471. The van der Waals surface area contributed by atoms with Crippen molar-refractivity contribution in [3.05, 3.63) is 47.0 Å². The van der Waals surface area contributed by atoms with Gasteiger partial charge in [0, 0.05) is 11.9 Å². The van der Waals surface area contributed by atoms with E-state index in [1.165, 1.54) is 24.0 Å². The highest BCUT2D eigenvalue weighted by atomic mass is 35.5. The Labute approximate surface area is 164 Å². The fraction of sp³-hybridized carbons (Fsp3) is 0.316. The smallest absolute Gasteiger partial charge is 0.261 e. The van der Waals surface area contributed by atoms with Gasteiger partial charge in [0.1, 0.15) is 11.4 Å². The molecular weight excluding hydrogens is 388 g/mol. The summed E-state index contributed by atoms with van der Waals surface area (Å²) < 4.78 is 34.2. The minimum absolute atomic E-state index is 0.0372. The van der Waals surface area contributed by atoms with Crippen molar-refractivity contribution in [2.75, 3.05) is 16.2 Å². The van der Waals surface area contributed by atoms with E-state index in [4.69, 9.17) is 16.3 Å². The molecule has 1 heterocycles. The molecule has 0 atom stereocenters. The zero-order valence-electron chi connectivity index (χ0n) is 15.5. The Morgan fingerprint density at radius 2 is 1.96 bits per heavy atom. The average Bonchev–Trinajstić information content (AvgIpc) is 2.56. The number of benzene rings is 2. The van der Waals surface area contributed by atoms with Crippen LogP contribution in [0.25, 0.3) is 0 Å². The molecule has 0 bridgehead atoms. The monoisotopic (exact) mass is 408 g/mol. The molecule has 2 aromatic carbocycles. The summed E-state index contributed by atoms with van der Waals surface area (Å²) in [5.74, 6) is 0.292. The lowest BCUT2D eigenvalue weighted by Gasteiger charge is -2.39. The average molecular weight is 409 g/mol. The van der Waals surface area contributed by atoms with E-state index in [-0.39, 0.29) is 10.8 Å². The van der Waals surface area contributed by atoms with Crippen LogP contribution in [-0.2, 0) is 14.8 Å². The standard InChI is InChI=1S/C19H21ClN2O4S/c1-12-15(20)6-5-7-16(12)21-27(24,25)14-8-9-18-17(10-14)22(13(2)23)11-19(3,4)26-18/h5-10,21H,11H2,1-4H3. The fourth-order valence-electron chi connectivity index (χ4n) is 2.96. The first-order chi connectivity index (χ1) is 12.5. The highest BCUT2D eigenvalue weighted by Gasteiger charge is 2.34. The van der Waals surface area contributed by atoms with Gasteiger partial charge in [-0.15, -0.1) is 0 Å². The van der Waals surface area contributed by atoms with Crippen LogP contribution >= 0.6 is 11.6 Å². The van der Waals surface area contributed by atoms with Gasteiger partial charge in [-0.25, -0.2) is 8.42 Å². The Kier molecular flexibility index (Phi) is 4.86. The number of rotatable bonds is 3. The number of anilines is 2. The maximum atomic E-state index is 12.9. The van der Waals surface area contributed by atoms with Crippen LogP contribution in [0.2, 0.25) is 5.02 Å². The Balaban J connectivity index is 2.02. The van der Waals surface area contributed by atoms with Crippen molar-refractivity contribution in [1.82, 2.24) is 0 Å². The molecule has 0 unspecified atom stereocenters. The molecule has 0 spiro atoms. The van der Waals surface area contributed by atoms with Crippen molar-refractivity contribution in [1.29, 1.82) is 0 Å². The van der Waals surface area contributed by atoms with Gasteiger partial charge >= 0.3 is 0 Å². The number of sulfonamides is 1. The maximum Gasteiger partial charge on any atom is 0.261 e. The van der Waals surface area contributed by atoms with Gasteiger partial charge in [0.05, 0.1) is 22.8 Å². The van der Waals surface area contributed by atoms with Gasteiger partial charge < -0.3 is 9.64 Å². The van der Waals surface area contributed by atoms with Crippen LogP contribution in [0.15, 0.2) is 41.3 Å². The quantitative estimate of drug-likeness (QED) is 0.833. The number of fused-ring (bicyclic) bond motifs is 1. The van der Waals surface area contributed by atoms with E-state index in [1.807, 2.05) is 13.8 Å². The van der Waals surface area contributed by atoms with Crippen molar-refractivity contribution in [3.8, 4) is 5.75 Å². The summed E-state index contributed by atoms with van der Waals surface area (Å²) in [6, 6.07) is 9.50. The zero-order chi connectivity index (χ0) is 20.0. The number of nitrogens with one attached hydrogen (secondary N) is 1. The minimum atomic E-state index is -3.87. The molecule has 1 N–H and O–H groups in total. The number of carbonyl (C=O) groups is 1. The summed E-state index contributed by atoms with van der Waals surface area (Å²) in [6.07, 6.45) is 0. The van der Waals surface area contributed by atoms with Gasteiger partial charge in [0.25, 0.3) is 10.0 Å². The van der Waals surface area contributed by atoms with Crippen molar-refractivity contribution in [3.63, 3.8) is 0 Å². The molecule has 0 aromatic heterocycles. The Morgan fingerprint density at radius 3 is 2.63 bits per heavy atom. The number of hydrogen-bond acceptors (Lipinski definition) is 4. The highest BCUT2D eigenvalue weighted by molar-refractivity contribution is 7.92. The summed E-state index contributed by atoms with van der Waals surface area (Å²) in [4.78, 5) is 13.6. The van der Waals surface area contributed by atoms with Crippen molar-refractivity contribution < 1.29 is 17.9 Å². The number of carbonyl (C=O) groups excluding carboxylic acids is 1. The van der Waals surface area contributed by atoms with E-state index in [0.29, 0.717) is 34.3 Å². The Morgan fingerprint density at radius 1 is 1.26 bits per heavy atom. The molecule has 3 rings (SSSR count). The predicted octanol–water partition coefficient (Wildman–Crippen LogP) is 3.97. The van der Waals surface area contributed by atoms with Crippen LogP contribution in [0.5, 0.6) is 5.75 Å². The third-order valence-electron chi connectivity index (χ3n) is 4.35. The first kappa shape index (κ1) is 19.5. The van der Waals surface area contributed by atoms with Crippen LogP contribution in [0.3, 0.4) is 0 Å². The molecule has 0 fully saturated rings. The van der Waals surface area contributed by atoms with E-state index < -0.39 is 15.6 Å². The van der Waals surface area contributed by atoms with Gasteiger partial charge in [-0.3, -0.25) is 9.52 Å². The lowest BCUT2D eigenvalue weighted by Crippen LogP contribution is -2.48. The molecule has 0 aliphatic carbocycles. The van der Waals surface area contributed by atoms with E-state index in [9.17, 15) is 13.2 Å². The SMILES string of the molecule is CC(=O)N1CC(C)(C)Oc2ccc(S(=O)(=O)Nc3cccc(Cl)c3C)cc21. The third kappa shape index (κ3) is 3.89. The van der Waals surface area contributed by atoms with Gasteiger partial charge in [0.15, 0.2) is 0 Å². The molecule has 1 aliphatic heterocycles. The first-order valence-corrected chi connectivity index (χ1v) is 10.3. The van der Waals surface area contributed by atoms with Crippen molar-refractivity contribution in [2.45, 2.75) is 38.2 Å². The first-order valence-electron chi connectivity index (χ1n) is 8.39. The molecule has 0 saturated carbocycles. The number of ether oxygens (including phenoxy) is 1. The molecule has 6 nitrogen and oxygen atoms in total. The number of hydrogen-bond donors (Lipinski definition) is 1. The van der Waals surface area contributed by atoms with E-state index >= 15 is 0 Å². The molecule has 0 radical (unpaired) electrons. The number of halogens is 1. The minimum Gasteiger partial charge on any atom is -0.484 e. The van der Waals surface area contributed by atoms with Crippen LogP contribution in [0.1, 0.15) is 26.3 Å². The largest absolute Gasteiger partial charge is 0.484 e. The Bertz CT molecular complexity index is 1020. The molecule has 0 saturated heterocycles. The maximum absolute atomic E-state index is 12.9. The fourth-order valence-corrected chi connectivity index (χ4v) is 4.28. The molecule has 1 aliphatic rings. The van der Waals surface area contributed by atoms with E-state index in [0.717, 1.165) is 0 Å². The van der Waals surface area contributed by atoms with Gasteiger partial charge in [-0.2, -0.15) is 0 Å². The van der Waals surface area contributed by atoms with Gasteiger partial charge in [0.2, 0.25) is 5.91 Å². The van der Waals surface area contributed by atoms with Crippen LogP contribution in [0.4, 0.5) is 11.4 Å². The second-order valence-electron chi connectivity index (χ2n) is 7.11. The van der Waals surface area contributed by atoms with Crippen LogP contribution in [0, 0.1) is 6.92 Å². The Hall–Kier alpha value is -2.25. The summed E-state index contributed by atoms with van der Waals surface area (Å²) >= 11 is 6.07. The second kappa shape index (κ2) is 6.73. The van der Waals surface area contributed by atoms with Crippen molar-refractivity contribution in [2.24, 2.45) is 0 Å². The van der Waals surface area contributed by atoms with Gasteiger partial charge in [-0.1, -0.05) is 17.7 Å². The van der Waals surface area contributed by atoms with Crippen molar-refractivity contribution >= 4 is 38.9 Å². The topological polar surface area (TPSA) is 75.7 Å². The summed E-state index contributed by atoms with van der Waals surface area (Å²) in [6.45, 7) is 7.26. The molecule has 27 heavy (non-hydrogen) atoms. The lowest BCUT2D eigenvalue weighted by molar-refractivity contribution is -0.117. The molecule has 1 amide bonds. The third-order valence-corrected chi connectivity index (χ3v) is 6.12. The molecule has 144 valence electrons. The lowest BCUT2D eigenvalue weighted by atomic mass is 10.1. The van der Waals surface area contributed by atoms with Crippen LogP contribution < -0.4 is 14.4 Å². The van der Waals surface area contributed by atoms with Crippen LogP contribution in [-0.4, -0.2) is 26.5 Å². The molecule has 2 aromatic rings. The molecular formula is C19H21ClN2O4S. The summed E-state index contributed by atoms with van der Waals surface area (Å²) in [7, 11) is -3.87. The normalized spacial score (nSPS) is 15.7. The second-order valence-corrected chi connectivity index (χ2v) is 9.20. The van der Waals surface area contributed by atoms with E-state index in [2.05, 4.69) is 4.72 Å². The number of nitrogens with zero attached hydrogens (tertiary/aromatic N) is 1. The predicted molar refractivity (Wildman–Crippen MR) is 106 cm³/mol. The zero-order valence-corrected chi connectivity index (χ0v) is 17.1. The number of amides is 1. The van der Waals surface area contributed by atoms with E-state index in [1.54, 1.807) is 31.2 Å². The van der Waals surface area contributed by atoms with Gasteiger partial charge in [-0.05, 0) is 56.7 Å².